The standard InChI is InChI=1S/C11H9N3O4/c1-18-11(15)9-7-8(13-6-2-5-12-13)3-4-10(9)14(16)17/h2-7H,1H3. The van der Waals surface area contributed by atoms with Crippen molar-refractivity contribution in [2.75, 3.05) is 7.11 Å². The lowest BCUT2D eigenvalue weighted by molar-refractivity contribution is -0.385. The molecule has 7 heteroatoms. The maximum atomic E-state index is 11.5. The molecule has 18 heavy (non-hydrogen) atoms. The Hall–Kier alpha value is -2.70. The molecule has 1 aromatic carbocycles. The molecule has 2 aromatic rings. The SMILES string of the molecule is COC(=O)c1cc(-n2cccn2)ccc1[N+](=O)[O-]. The van der Waals surface area contributed by atoms with Gasteiger partial charge in [0.2, 0.25) is 0 Å². The Morgan fingerprint density at radius 2 is 2.28 bits per heavy atom. The van der Waals surface area contributed by atoms with E-state index in [4.69, 9.17) is 0 Å². The summed E-state index contributed by atoms with van der Waals surface area (Å²) in [6, 6.07) is 5.84. The molecule has 0 N–H and O–H groups in total. The van der Waals surface area contributed by atoms with E-state index < -0.39 is 10.9 Å². The molecular formula is C11H9N3O4. The number of carbonyl (C=O) groups excluding carboxylic acids is 1. The number of nitrogens with zero attached hydrogens (tertiary/aromatic N) is 3. The van der Waals surface area contributed by atoms with E-state index in [0.29, 0.717) is 5.69 Å². The molecule has 2 rings (SSSR count). The highest BCUT2D eigenvalue weighted by Crippen LogP contribution is 2.22. The van der Waals surface area contributed by atoms with Crippen molar-refractivity contribution in [2.24, 2.45) is 0 Å². The Kier molecular flexibility index (Phi) is 3.05. The Morgan fingerprint density at radius 3 is 2.83 bits per heavy atom. The molecule has 7 nitrogen and oxygen atoms in total. The maximum Gasteiger partial charge on any atom is 0.344 e. The van der Waals surface area contributed by atoms with Crippen LogP contribution in [0.2, 0.25) is 0 Å². The van der Waals surface area contributed by atoms with E-state index in [1.54, 1.807) is 18.5 Å². The number of hydrogen-bond acceptors (Lipinski definition) is 5. The molecular weight excluding hydrogens is 238 g/mol. The summed E-state index contributed by atoms with van der Waals surface area (Å²) in [5.41, 5.74) is 0.152. The summed E-state index contributed by atoms with van der Waals surface area (Å²) >= 11 is 0. The lowest BCUT2D eigenvalue weighted by Crippen LogP contribution is -2.07. The molecule has 0 atom stereocenters. The van der Waals surface area contributed by atoms with Gasteiger partial charge in [-0.2, -0.15) is 5.10 Å². The molecule has 0 fully saturated rings. The Balaban J connectivity index is 2.55. The van der Waals surface area contributed by atoms with Gasteiger partial charge in [0.25, 0.3) is 5.69 Å². The first-order chi connectivity index (χ1) is 8.63. The smallest absolute Gasteiger partial charge is 0.344 e. The minimum Gasteiger partial charge on any atom is -0.465 e. The van der Waals surface area contributed by atoms with Crippen LogP contribution in [0.5, 0.6) is 0 Å². The molecule has 1 heterocycles. The highest BCUT2D eigenvalue weighted by atomic mass is 16.6. The number of aromatic nitrogens is 2. The van der Waals surface area contributed by atoms with Crippen molar-refractivity contribution in [2.45, 2.75) is 0 Å². The van der Waals surface area contributed by atoms with Gasteiger partial charge in [0, 0.05) is 18.5 Å². The van der Waals surface area contributed by atoms with Crippen LogP contribution in [0.1, 0.15) is 10.4 Å². The first-order valence-corrected chi connectivity index (χ1v) is 5.00. The van der Waals surface area contributed by atoms with E-state index in [1.165, 1.54) is 30.0 Å². The number of esters is 1. The van der Waals surface area contributed by atoms with Crippen molar-refractivity contribution in [3.8, 4) is 5.69 Å². The number of rotatable bonds is 3. The number of nitro benzene ring substituents is 1. The minimum absolute atomic E-state index is 0.101. The summed E-state index contributed by atoms with van der Waals surface area (Å²) in [7, 11) is 1.17. The van der Waals surface area contributed by atoms with Crippen molar-refractivity contribution in [1.82, 2.24) is 9.78 Å². The molecule has 0 aliphatic carbocycles. The summed E-state index contributed by atoms with van der Waals surface area (Å²) in [5.74, 6) is -0.754. The second-order valence-electron chi connectivity index (χ2n) is 3.40. The fourth-order valence-electron chi connectivity index (χ4n) is 1.52. The fraction of sp³-hybridized carbons (Fsp3) is 0.0909. The first kappa shape index (κ1) is 11.8. The summed E-state index contributed by atoms with van der Waals surface area (Å²) < 4.78 is 6.02. The van der Waals surface area contributed by atoms with Crippen molar-refractivity contribution in [3.63, 3.8) is 0 Å². The molecule has 0 aliphatic heterocycles. The van der Waals surface area contributed by atoms with E-state index >= 15 is 0 Å². The zero-order chi connectivity index (χ0) is 13.1. The van der Waals surface area contributed by atoms with Gasteiger partial charge in [-0.1, -0.05) is 0 Å². The Bertz CT molecular complexity index is 592. The van der Waals surface area contributed by atoms with E-state index in [0.717, 1.165) is 0 Å². The van der Waals surface area contributed by atoms with Gasteiger partial charge in [0.1, 0.15) is 5.56 Å². The van der Waals surface area contributed by atoms with Crippen molar-refractivity contribution >= 4 is 11.7 Å². The average Bonchev–Trinajstić information content (AvgIpc) is 2.90. The maximum absolute atomic E-state index is 11.5. The largest absolute Gasteiger partial charge is 0.465 e. The van der Waals surface area contributed by atoms with Crippen LogP contribution in [-0.4, -0.2) is 27.8 Å². The molecule has 0 aliphatic rings. The van der Waals surface area contributed by atoms with Gasteiger partial charge in [-0.25, -0.2) is 9.48 Å². The lowest BCUT2D eigenvalue weighted by atomic mass is 10.1. The van der Waals surface area contributed by atoms with Crippen LogP contribution in [-0.2, 0) is 4.74 Å². The average molecular weight is 247 g/mol. The number of benzene rings is 1. The number of hydrogen-bond donors (Lipinski definition) is 0. The monoisotopic (exact) mass is 247 g/mol. The first-order valence-electron chi connectivity index (χ1n) is 5.00. The van der Waals surface area contributed by atoms with E-state index in [2.05, 4.69) is 9.84 Å². The predicted molar refractivity (Wildman–Crippen MR) is 61.6 cm³/mol. The quantitative estimate of drug-likeness (QED) is 0.466. The number of carbonyl (C=O) groups is 1. The van der Waals surface area contributed by atoms with Crippen LogP contribution in [0.3, 0.4) is 0 Å². The Labute approximate surface area is 102 Å². The van der Waals surface area contributed by atoms with Crippen LogP contribution in [0.25, 0.3) is 5.69 Å². The van der Waals surface area contributed by atoms with Gasteiger partial charge in [0.05, 0.1) is 17.7 Å². The molecule has 0 saturated heterocycles. The van der Waals surface area contributed by atoms with Gasteiger partial charge in [-0.15, -0.1) is 0 Å². The van der Waals surface area contributed by atoms with Crippen molar-refractivity contribution in [1.29, 1.82) is 0 Å². The van der Waals surface area contributed by atoms with Gasteiger partial charge >= 0.3 is 5.97 Å². The summed E-state index contributed by atoms with van der Waals surface area (Å²) in [6.07, 6.45) is 3.24. The molecule has 0 saturated carbocycles. The molecule has 0 unspecified atom stereocenters. The van der Waals surface area contributed by atoms with Crippen LogP contribution >= 0.6 is 0 Å². The zero-order valence-electron chi connectivity index (χ0n) is 9.44. The third-order valence-corrected chi connectivity index (χ3v) is 2.35. The highest BCUT2D eigenvalue weighted by molar-refractivity contribution is 5.94. The van der Waals surface area contributed by atoms with Gasteiger partial charge in [0.15, 0.2) is 0 Å². The second-order valence-corrected chi connectivity index (χ2v) is 3.40. The van der Waals surface area contributed by atoms with Crippen LogP contribution in [0.4, 0.5) is 5.69 Å². The van der Waals surface area contributed by atoms with Crippen LogP contribution in [0.15, 0.2) is 36.7 Å². The van der Waals surface area contributed by atoms with Gasteiger partial charge in [-0.3, -0.25) is 10.1 Å². The molecule has 92 valence electrons. The third-order valence-electron chi connectivity index (χ3n) is 2.35. The predicted octanol–water partition coefficient (Wildman–Crippen LogP) is 1.57. The molecule has 0 bridgehead atoms. The van der Waals surface area contributed by atoms with E-state index in [-0.39, 0.29) is 11.3 Å². The van der Waals surface area contributed by atoms with Gasteiger partial charge < -0.3 is 4.74 Å². The van der Waals surface area contributed by atoms with Crippen molar-refractivity contribution in [3.05, 3.63) is 52.3 Å². The second kappa shape index (κ2) is 4.66. The summed E-state index contributed by atoms with van der Waals surface area (Å²) in [4.78, 5) is 21.7. The number of methoxy groups -OCH3 is 1. The van der Waals surface area contributed by atoms with Crippen molar-refractivity contribution < 1.29 is 14.5 Å². The summed E-state index contributed by atoms with van der Waals surface area (Å²) in [5, 5.41) is 14.8. The molecule has 0 radical (unpaired) electrons. The number of ether oxygens (including phenoxy) is 1. The van der Waals surface area contributed by atoms with Crippen LogP contribution in [0, 0.1) is 10.1 Å². The zero-order valence-corrected chi connectivity index (χ0v) is 9.44. The highest BCUT2D eigenvalue weighted by Gasteiger charge is 2.21. The summed E-state index contributed by atoms with van der Waals surface area (Å²) in [6.45, 7) is 0. The van der Waals surface area contributed by atoms with Gasteiger partial charge in [-0.05, 0) is 18.2 Å². The minimum atomic E-state index is -0.754. The van der Waals surface area contributed by atoms with E-state index in [1.807, 2.05) is 0 Å². The fourth-order valence-corrected chi connectivity index (χ4v) is 1.52. The van der Waals surface area contributed by atoms with Crippen LogP contribution < -0.4 is 0 Å². The Morgan fingerprint density at radius 1 is 1.50 bits per heavy atom. The van der Waals surface area contributed by atoms with E-state index in [9.17, 15) is 14.9 Å². The normalized spacial score (nSPS) is 10.1. The number of nitro groups is 1. The molecule has 0 amide bonds. The molecule has 1 aromatic heterocycles. The third kappa shape index (κ3) is 2.05. The topological polar surface area (TPSA) is 87.3 Å². The lowest BCUT2D eigenvalue weighted by Gasteiger charge is -2.05. The molecule has 0 spiro atoms.